The number of ether oxygens (including phenoxy) is 1. The van der Waals surface area contributed by atoms with Crippen LogP contribution in [0.15, 0.2) is 78.5 Å². The number of hydrogen-bond acceptors (Lipinski definition) is 4. The zero-order valence-corrected chi connectivity index (χ0v) is 18.8. The lowest BCUT2D eigenvalue weighted by Crippen LogP contribution is -2.32. The molecule has 0 unspecified atom stereocenters. The predicted octanol–water partition coefficient (Wildman–Crippen LogP) is 5.74. The third-order valence-corrected chi connectivity index (χ3v) is 5.47. The van der Waals surface area contributed by atoms with Gasteiger partial charge in [-0.1, -0.05) is 38.1 Å². The Hall–Kier alpha value is -3.93. The van der Waals surface area contributed by atoms with Crippen molar-refractivity contribution >= 4 is 28.8 Å². The van der Waals surface area contributed by atoms with Gasteiger partial charge in [0.2, 0.25) is 0 Å². The molecule has 1 aliphatic heterocycles. The standard InChI is InChI=1S/C27H25FN2O3/c1-4-33-23-15-13-22(14-16-23)30-26(31)24(19-5-9-20(28)10-6-19)25(27(30)32)29-21-11-7-18(8-12-21)17(2)3/h5-17,29H,4H2,1-3H3. The number of imide groups is 1. The van der Waals surface area contributed by atoms with Crippen molar-refractivity contribution in [3.8, 4) is 5.75 Å². The fourth-order valence-corrected chi connectivity index (χ4v) is 3.72. The molecule has 6 heteroatoms. The molecule has 4 rings (SSSR count). The van der Waals surface area contributed by atoms with Crippen LogP contribution in [-0.2, 0) is 9.59 Å². The van der Waals surface area contributed by atoms with Crippen molar-refractivity contribution in [2.24, 2.45) is 0 Å². The van der Waals surface area contributed by atoms with E-state index in [2.05, 4.69) is 19.2 Å². The third-order valence-electron chi connectivity index (χ3n) is 5.47. The fraction of sp³-hybridized carbons (Fsp3) is 0.185. The van der Waals surface area contributed by atoms with Crippen LogP contribution in [0.5, 0.6) is 5.75 Å². The molecule has 0 fully saturated rings. The van der Waals surface area contributed by atoms with E-state index in [-0.39, 0.29) is 11.3 Å². The molecule has 1 N–H and O–H groups in total. The molecule has 0 bridgehead atoms. The Morgan fingerprint density at radius 1 is 0.879 bits per heavy atom. The van der Waals surface area contributed by atoms with Gasteiger partial charge in [-0.25, -0.2) is 9.29 Å². The van der Waals surface area contributed by atoms with E-state index in [9.17, 15) is 14.0 Å². The number of amides is 2. The summed E-state index contributed by atoms with van der Waals surface area (Å²) in [6.45, 7) is 6.60. The van der Waals surface area contributed by atoms with Crippen molar-refractivity contribution in [3.05, 3.63) is 95.4 Å². The van der Waals surface area contributed by atoms with Crippen LogP contribution < -0.4 is 15.0 Å². The smallest absolute Gasteiger partial charge is 0.282 e. The minimum atomic E-state index is -0.476. The Morgan fingerprint density at radius 3 is 2.09 bits per heavy atom. The Kier molecular flexibility index (Phi) is 6.27. The molecule has 1 aliphatic rings. The first kappa shape index (κ1) is 22.3. The van der Waals surface area contributed by atoms with Crippen LogP contribution in [0.4, 0.5) is 15.8 Å². The fourth-order valence-electron chi connectivity index (χ4n) is 3.72. The van der Waals surface area contributed by atoms with Gasteiger partial charge in [0, 0.05) is 5.69 Å². The van der Waals surface area contributed by atoms with Gasteiger partial charge in [-0.3, -0.25) is 9.59 Å². The second-order valence-corrected chi connectivity index (χ2v) is 8.03. The molecule has 0 saturated carbocycles. The number of halogens is 1. The van der Waals surface area contributed by atoms with Gasteiger partial charge in [-0.2, -0.15) is 0 Å². The molecule has 2 amide bonds. The molecule has 168 valence electrons. The Bertz CT molecular complexity index is 1200. The molecular formula is C27H25FN2O3. The summed E-state index contributed by atoms with van der Waals surface area (Å²) >= 11 is 0. The summed E-state index contributed by atoms with van der Waals surface area (Å²) < 4.78 is 19.0. The van der Waals surface area contributed by atoms with E-state index >= 15 is 0 Å². The first-order valence-corrected chi connectivity index (χ1v) is 10.9. The molecule has 0 atom stereocenters. The highest BCUT2D eigenvalue weighted by molar-refractivity contribution is 6.46. The van der Waals surface area contributed by atoms with Crippen LogP contribution in [-0.4, -0.2) is 18.4 Å². The summed E-state index contributed by atoms with van der Waals surface area (Å²) in [7, 11) is 0. The maximum absolute atomic E-state index is 13.5. The minimum absolute atomic E-state index is 0.151. The first-order valence-electron chi connectivity index (χ1n) is 10.9. The van der Waals surface area contributed by atoms with Crippen molar-refractivity contribution in [2.75, 3.05) is 16.8 Å². The van der Waals surface area contributed by atoms with Crippen molar-refractivity contribution in [1.29, 1.82) is 0 Å². The highest BCUT2D eigenvalue weighted by Gasteiger charge is 2.40. The minimum Gasteiger partial charge on any atom is -0.494 e. The zero-order valence-electron chi connectivity index (χ0n) is 18.8. The topological polar surface area (TPSA) is 58.6 Å². The molecule has 0 radical (unpaired) electrons. The van der Waals surface area contributed by atoms with E-state index < -0.39 is 17.6 Å². The number of carbonyl (C=O) groups excluding carboxylic acids is 2. The van der Waals surface area contributed by atoms with Gasteiger partial charge >= 0.3 is 0 Å². The number of rotatable bonds is 7. The van der Waals surface area contributed by atoms with Gasteiger partial charge in [0.25, 0.3) is 11.8 Å². The van der Waals surface area contributed by atoms with E-state index in [1.54, 1.807) is 24.3 Å². The maximum Gasteiger partial charge on any atom is 0.282 e. The Morgan fingerprint density at radius 2 is 1.52 bits per heavy atom. The molecule has 5 nitrogen and oxygen atoms in total. The van der Waals surface area contributed by atoms with Crippen LogP contribution >= 0.6 is 0 Å². The monoisotopic (exact) mass is 444 g/mol. The van der Waals surface area contributed by atoms with E-state index in [1.165, 1.54) is 24.3 Å². The van der Waals surface area contributed by atoms with Gasteiger partial charge in [-0.15, -0.1) is 0 Å². The average molecular weight is 445 g/mol. The number of carbonyl (C=O) groups is 2. The summed E-state index contributed by atoms with van der Waals surface area (Å²) in [6, 6.07) is 20.0. The lowest BCUT2D eigenvalue weighted by atomic mass is 10.0. The molecule has 0 aliphatic carbocycles. The van der Waals surface area contributed by atoms with Crippen molar-refractivity contribution in [3.63, 3.8) is 0 Å². The van der Waals surface area contributed by atoms with Gasteiger partial charge in [0.05, 0.1) is 17.9 Å². The van der Waals surface area contributed by atoms with Crippen molar-refractivity contribution < 1.29 is 18.7 Å². The molecule has 0 aromatic heterocycles. The second-order valence-electron chi connectivity index (χ2n) is 8.03. The zero-order chi connectivity index (χ0) is 23.5. The lowest BCUT2D eigenvalue weighted by Gasteiger charge is -2.16. The molecule has 33 heavy (non-hydrogen) atoms. The van der Waals surface area contributed by atoms with Crippen molar-refractivity contribution in [2.45, 2.75) is 26.7 Å². The molecular weight excluding hydrogens is 419 g/mol. The van der Waals surface area contributed by atoms with Crippen LogP contribution in [0, 0.1) is 5.82 Å². The Balaban J connectivity index is 1.73. The van der Waals surface area contributed by atoms with Gasteiger partial charge in [0.1, 0.15) is 17.3 Å². The van der Waals surface area contributed by atoms with Gasteiger partial charge in [-0.05, 0) is 72.5 Å². The van der Waals surface area contributed by atoms with Crippen LogP contribution in [0.3, 0.4) is 0 Å². The summed E-state index contributed by atoms with van der Waals surface area (Å²) in [5.74, 6) is -0.347. The normalized spacial score (nSPS) is 13.8. The van der Waals surface area contributed by atoms with E-state index in [0.717, 1.165) is 10.5 Å². The lowest BCUT2D eigenvalue weighted by molar-refractivity contribution is -0.120. The number of benzene rings is 3. The molecule has 3 aromatic carbocycles. The molecule has 3 aromatic rings. The highest BCUT2D eigenvalue weighted by atomic mass is 19.1. The van der Waals surface area contributed by atoms with E-state index in [1.807, 2.05) is 31.2 Å². The van der Waals surface area contributed by atoms with Crippen LogP contribution in [0.25, 0.3) is 5.57 Å². The van der Waals surface area contributed by atoms with E-state index in [4.69, 9.17) is 4.74 Å². The second kappa shape index (κ2) is 9.28. The molecule has 0 spiro atoms. The van der Waals surface area contributed by atoms with Crippen LogP contribution in [0.2, 0.25) is 0 Å². The number of nitrogens with zero attached hydrogens (tertiary/aromatic N) is 1. The molecule has 0 saturated heterocycles. The van der Waals surface area contributed by atoms with Crippen molar-refractivity contribution in [1.82, 2.24) is 0 Å². The number of nitrogens with one attached hydrogen (secondary N) is 1. The number of hydrogen-bond donors (Lipinski definition) is 1. The van der Waals surface area contributed by atoms with Crippen LogP contribution in [0.1, 0.15) is 37.8 Å². The summed E-state index contributed by atoms with van der Waals surface area (Å²) in [6.07, 6.45) is 0. The quantitative estimate of drug-likeness (QED) is 0.472. The molecule has 1 heterocycles. The largest absolute Gasteiger partial charge is 0.494 e. The average Bonchev–Trinajstić information content (AvgIpc) is 3.05. The third kappa shape index (κ3) is 4.51. The highest BCUT2D eigenvalue weighted by Crippen LogP contribution is 2.34. The van der Waals surface area contributed by atoms with Gasteiger partial charge in [0.15, 0.2) is 0 Å². The predicted molar refractivity (Wildman–Crippen MR) is 128 cm³/mol. The number of anilines is 2. The first-order chi connectivity index (χ1) is 15.9. The van der Waals surface area contributed by atoms with Gasteiger partial charge < -0.3 is 10.1 Å². The summed E-state index contributed by atoms with van der Waals surface area (Å²) in [5, 5.41) is 3.13. The summed E-state index contributed by atoms with van der Waals surface area (Å²) in [5.41, 5.74) is 3.09. The maximum atomic E-state index is 13.5. The summed E-state index contributed by atoms with van der Waals surface area (Å²) in [4.78, 5) is 28.0. The van der Waals surface area contributed by atoms with E-state index in [0.29, 0.717) is 35.2 Å². The Labute approximate surface area is 192 Å². The SMILES string of the molecule is CCOc1ccc(N2C(=O)C(Nc3ccc(C(C)C)cc3)=C(c3ccc(F)cc3)C2=O)cc1.